The molecule has 0 aliphatic heterocycles. The van der Waals surface area contributed by atoms with Gasteiger partial charge in [0.15, 0.2) is 0 Å². The molecule has 1 N–H and O–H groups in total. The second-order valence-electron chi connectivity index (χ2n) is 11.2. The van der Waals surface area contributed by atoms with Gasteiger partial charge in [0.05, 0.1) is 30.4 Å². The van der Waals surface area contributed by atoms with Crippen LogP contribution in [-0.2, 0) is 23.7 Å². The normalized spacial score (nSPS) is 15.4. The van der Waals surface area contributed by atoms with Crippen LogP contribution < -0.4 is 4.74 Å². The van der Waals surface area contributed by atoms with E-state index in [1.807, 2.05) is 32.0 Å². The number of rotatable bonds is 10. The molecule has 1 saturated carbocycles. The summed E-state index contributed by atoms with van der Waals surface area (Å²) < 4.78 is 101. The fourth-order valence-electron chi connectivity index (χ4n) is 5.15. The Kier molecular flexibility index (Phi) is 9.16. The summed E-state index contributed by atoms with van der Waals surface area (Å²) in [5.74, 6) is -0.0451. The van der Waals surface area contributed by atoms with Crippen LogP contribution in [0.25, 0.3) is 11.1 Å². The number of carbonyl (C=O) groups excluding carboxylic acids is 1. The summed E-state index contributed by atoms with van der Waals surface area (Å²) in [5.41, 5.74) is -0.572. The number of amides is 1. The van der Waals surface area contributed by atoms with Crippen molar-refractivity contribution in [3.05, 3.63) is 87.7 Å². The Bertz CT molecular complexity index is 1450. The fraction of sp³-hybridized carbons (Fsp3) is 0.406. The van der Waals surface area contributed by atoms with E-state index < -0.39 is 47.0 Å². The SMILES string of the molecule is COc1cc(F)c(C(C)C)cc1-c1ccc(C2CC2)cc1CN(C=O)C(C)C(O)c1cc(C(F)(F)F)cc(C(F)(F)F)c1. The van der Waals surface area contributed by atoms with Gasteiger partial charge >= 0.3 is 12.4 Å². The number of halogens is 7. The molecule has 232 valence electrons. The van der Waals surface area contributed by atoms with Gasteiger partial charge in [-0.05, 0) is 83.7 Å². The van der Waals surface area contributed by atoms with E-state index in [1.54, 1.807) is 6.07 Å². The molecule has 0 saturated heterocycles. The standard InChI is InChI=1S/C32H32F7NO3/c1-17(2)26-13-27(29(43-4)14-28(26)33)25-8-7-20(19-5-6-19)9-22(25)15-40(16-41)18(3)30(42)21-10-23(31(34,35)36)12-24(11-21)32(37,38)39/h7-14,16-19,30,42H,5-6,15H2,1-4H3. The Balaban J connectivity index is 1.76. The fourth-order valence-corrected chi connectivity index (χ4v) is 5.15. The summed E-state index contributed by atoms with van der Waals surface area (Å²) in [5, 5.41) is 11.0. The topological polar surface area (TPSA) is 49.8 Å². The van der Waals surface area contributed by atoms with E-state index in [4.69, 9.17) is 4.74 Å². The van der Waals surface area contributed by atoms with E-state index in [0.717, 1.165) is 23.3 Å². The maximum Gasteiger partial charge on any atom is 0.416 e. The molecule has 0 aromatic heterocycles. The zero-order valence-corrected chi connectivity index (χ0v) is 24.0. The van der Waals surface area contributed by atoms with Gasteiger partial charge in [0.1, 0.15) is 11.6 Å². The van der Waals surface area contributed by atoms with Crippen LogP contribution in [0.15, 0.2) is 48.5 Å². The van der Waals surface area contributed by atoms with E-state index in [-0.39, 0.29) is 24.3 Å². The molecule has 4 nitrogen and oxygen atoms in total. The summed E-state index contributed by atoms with van der Waals surface area (Å²) in [7, 11) is 1.39. The van der Waals surface area contributed by atoms with Crippen molar-refractivity contribution in [2.75, 3.05) is 7.11 Å². The molecule has 3 aromatic carbocycles. The Morgan fingerprint density at radius 1 is 0.930 bits per heavy atom. The highest BCUT2D eigenvalue weighted by Crippen LogP contribution is 2.44. The van der Waals surface area contributed by atoms with Crippen LogP contribution in [0, 0.1) is 5.82 Å². The van der Waals surface area contributed by atoms with Gasteiger partial charge in [-0.3, -0.25) is 4.79 Å². The number of nitrogens with zero attached hydrogens (tertiary/aromatic N) is 1. The van der Waals surface area contributed by atoms with Gasteiger partial charge < -0.3 is 14.7 Å². The number of aliphatic hydroxyl groups is 1. The molecule has 11 heteroatoms. The van der Waals surface area contributed by atoms with Crippen LogP contribution in [0.2, 0.25) is 0 Å². The number of methoxy groups -OCH3 is 1. The first-order valence-corrected chi connectivity index (χ1v) is 13.7. The van der Waals surface area contributed by atoms with Crippen molar-refractivity contribution >= 4 is 6.41 Å². The molecule has 43 heavy (non-hydrogen) atoms. The molecule has 1 aliphatic carbocycles. The Morgan fingerprint density at radius 3 is 2.02 bits per heavy atom. The summed E-state index contributed by atoms with van der Waals surface area (Å²) >= 11 is 0. The van der Waals surface area contributed by atoms with Crippen LogP contribution in [0.3, 0.4) is 0 Å². The molecule has 2 atom stereocenters. The van der Waals surface area contributed by atoms with Crippen molar-refractivity contribution in [2.45, 2.75) is 76.5 Å². The third-order valence-corrected chi connectivity index (χ3v) is 7.83. The number of aliphatic hydroxyl groups excluding tert-OH is 1. The Hall–Kier alpha value is -3.60. The van der Waals surface area contributed by atoms with Crippen molar-refractivity contribution in [3.8, 4) is 16.9 Å². The van der Waals surface area contributed by atoms with E-state index in [1.165, 1.54) is 20.1 Å². The molecular formula is C32H32F7NO3. The van der Waals surface area contributed by atoms with Gasteiger partial charge in [-0.1, -0.05) is 32.0 Å². The van der Waals surface area contributed by atoms with Gasteiger partial charge in [-0.15, -0.1) is 0 Å². The highest BCUT2D eigenvalue weighted by atomic mass is 19.4. The lowest BCUT2D eigenvalue weighted by molar-refractivity contribution is -0.143. The van der Waals surface area contributed by atoms with Gasteiger partial charge in [0.25, 0.3) is 0 Å². The molecule has 1 amide bonds. The predicted molar refractivity (Wildman–Crippen MR) is 147 cm³/mol. The van der Waals surface area contributed by atoms with Crippen molar-refractivity contribution < 1.29 is 45.4 Å². The molecule has 0 spiro atoms. The first-order valence-electron chi connectivity index (χ1n) is 13.7. The highest BCUT2D eigenvalue weighted by Gasteiger charge is 2.38. The van der Waals surface area contributed by atoms with Gasteiger partial charge in [0, 0.05) is 18.2 Å². The lowest BCUT2D eigenvalue weighted by Gasteiger charge is -2.31. The average Bonchev–Trinajstić information content (AvgIpc) is 3.79. The minimum atomic E-state index is -5.09. The van der Waals surface area contributed by atoms with E-state index in [9.17, 15) is 40.6 Å². The molecule has 3 aromatic rings. The van der Waals surface area contributed by atoms with E-state index in [0.29, 0.717) is 46.7 Å². The first kappa shape index (κ1) is 32.3. The van der Waals surface area contributed by atoms with E-state index in [2.05, 4.69) is 0 Å². The third kappa shape index (κ3) is 7.14. The van der Waals surface area contributed by atoms with Crippen LogP contribution in [0.5, 0.6) is 5.75 Å². The molecular weight excluding hydrogens is 579 g/mol. The monoisotopic (exact) mass is 611 g/mol. The van der Waals surface area contributed by atoms with Crippen molar-refractivity contribution in [2.24, 2.45) is 0 Å². The largest absolute Gasteiger partial charge is 0.496 e. The number of carbonyl (C=O) groups is 1. The summed E-state index contributed by atoms with van der Waals surface area (Å²) in [6.45, 7) is 4.87. The molecule has 2 unspecified atom stereocenters. The van der Waals surface area contributed by atoms with Crippen LogP contribution in [0.4, 0.5) is 30.7 Å². The summed E-state index contributed by atoms with van der Waals surface area (Å²) in [6.07, 6.45) is -9.73. The van der Waals surface area contributed by atoms with Crippen molar-refractivity contribution in [1.29, 1.82) is 0 Å². The molecule has 4 rings (SSSR count). The number of alkyl halides is 6. The number of benzene rings is 3. The van der Waals surface area contributed by atoms with Crippen molar-refractivity contribution in [1.82, 2.24) is 4.90 Å². The summed E-state index contributed by atoms with van der Waals surface area (Å²) in [4.78, 5) is 13.4. The second kappa shape index (κ2) is 12.2. The Morgan fingerprint density at radius 2 is 1.53 bits per heavy atom. The molecule has 0 radical (unpaired) electrons. The molecule has 0 bridgehead atoms. The highest BCUT2D eigenvalue weighted by molar-refractivity contribution is 5.75. The molecule has 1 aliphatic rings. The number of hydrogen-bond donors (Lipinski definition) is 1. The quantitative estimate of drug-likeness (QED) is 0.185. The summed E-state index contributed by atoms with van der Waals surface area (Å²) in [6, 6.07) is 8.25. The lowest BCUT2D eigenvalue weighted by atomic mass is 9.91. The van der Waals surface area contributed by atoms with Crippen LogP contribution in [0.1, 0.15) is 84.9 Å². The third-order valence-electron chi connectivity index (χ3n) is 7.83. The maximum absolute atomic E-state index is 14.8. The van der Waals surface area contributed by atoms with Crippen LogP contribution in [-0.4, -0.2) is 29.6 Å². The van der Waals surface area contributed by atoms with Gasteiger partial charge in [-0.25, -0.2) is 4.39 Å². The van der Waals surface area contributed by atoms with Crippen molar-refractivity contribution in [3.63, 3.8) is 0 Å². The average molecular weight is 612 g/mol. The van der Waals surface area contributed by atoms with Gasteiger partial charge in [-0.2, -0.15) is 26.3 Å². The second-order valence-corrected chi connectivity index (χ2v) is 11.2. The first-order chi connectivity index (χ1) is 20.0. The zero-order chi connectivity index (χ0) is 31.9. The van der Waals surface area contributed by atoms with E-state index >= 15 is 0 Å². The minimum absolute atomic E-state index is 0.0183. The van der Waals surface area contributed by atoms with Gasteiger partial charge in [0.2, 0.25) is 6.41 Å². The molecule has 0 heterocycles. The lowest BCUT2D eigenvalue weighted by Crippen LogP contribution is -2.36. The van der Waals surface area contributed by atoms with Crippen LogP contribution >= 0.6 is 0 Å². The minimum Gasteiger partial charge on any atom is -0.496 e. The Labute approximate surface area is 245 Å². The number of hydrogen-bond acceptors (Lipinski definition) is 3. The molecule has 1 fully saturated rings. The smallest absolute Gasteiger partial charge is 0.416 e. The number of ether oxygens (including phenoxy) is 1. The predicted octanol–water partition coefficient (Wildman–Crippen LogP) is 8.62. The maximum atomic E-state index is 14.8. The zero-order valence-electron chi connectivity index (χ0n) is 24.0.